The van der Waals surface area contributed by atoms with Gasteiger partial charge < -0.3 is 10.2 Å². The largest absolute Gasteiger partial charge is 0.324 e. The minimum absolute atomic E-state index is 0.156. The van der Waals surface area contributed by atoms with E-state index in [0.717, 1.165) is 18.4 Å². The molecule has 164 valence electrons. The van der Waals surface area contributed by atoms with Crippen LogP contribution in [0.1, 0.15) is 31.2 Å². The van der Waals surface area contributed by atoms with Gasteiger partial charge in [0.2, 0.25) is 21.8 Å². The van der Waals surface area contributed by atoms with Gasteiger partial charge in [-0.15, -0.1) is 0 Å². The molecule has 2 aromatic rings. The van der Waals surface area contributed by atoms with Gasteiger partial charge in [-0.3, -0.25) is 9.59 Å². The third kappa shape index (κ3) is 4.76. The van der Waals surface area contributed by atoms with Gasteiger partial charge in [-0.1, -0.05) is 17.7 Å². The summed E-state index contributed by atoms with van der Waals surface area (Å²) in [5.41, 5.74) is 1.90. The van der Waals surface area contributed by atoms with Crippen LogP contribution < -0.4 is 10.2 Å². The lowest BCUT2D eigenvalue weighted by atomic mass is 10.1. The number of carbonyl (C=O) groups is 2. The molecule has 1 fully saturated rings. The number of hydrogen-bond acceptors (Lipinski definition) is 4. The Hall–Kier alpha value is -2.42. The van der Waals surface area contributed by atoms with Crippen LogP contribution in [0, 0.1) is 0 Å². The standard InChI is InChI=1S/C22H24ClN3O4S/c23-17-6-4-7-18(14-17)24-21(27)15-26-20-10-9-19(13-16(20)5-3-8-22(26)28)31(29,30)25-11-1-2-12-25/h4,6-7,9-10,13-14H,1-3,5,8,11-12,15H2,(H,24,27). The van der Waals surface area contributed by atoms with Crippen molar-refractivity contribution in [3.05, 3.63) is 53.1 Å². The van der Waals surface area contributed by atoms with E-state index in [9.17, 15) is 18.0 Å². The van der Waals surface area contributed by atoms with Crippen molar-refractivity contribution in [2.45, 2.75) is 37.0 Å². The fraction of sp³-hybridized carbons (Fsp3) is 0.364. The molecule has 2 amide bonds. The number of hydrogen-bond donors (Lipinski definition) is 1. The number of sulfonamides is 1. The highest BCUT2D eigenvalue weighted by molar-refractivity contribution is 7.89. The number of benzene rings is 2. The SMILES string of the molecule is O=C(CN1C(=O)CCCc2cc(S(=O)(=O)N3CCCC3)ccc21)Nc1cccc(Cl)c1. The molecule has 4 rings (SSSR count). The molecule has 1 saturated heterocycles. The predicted octanol–water partition coefficient (Wildman–Crippen LogP) is 3.43. The lowest BCUT2D eigenvalue weighted by Crippen LogP contribution is -2.37. The number of halogens is 1. The first kappa shape index (κ1) is 21.8. The van der Waals surface area contributed by atoms with Crippen molar-refractivity contribution in [1.82, 2.24) is 4.31 Å². The Kier molecular flexibility index (Phi) is 6.31. The second kappa shape index (κ2) is 8.98. The molecular weight excluding hydrogens is 438 g/mol. The number of carbonyl (C=O) groups excluding carboxylic acids is 2. The summed E-state index contributed by atoms with van der Waals surface area (Å²) in [6, 6.07) is 11.6. The van der Waals surface area contributed by atoms with Crippen LogP contribution in [-0.4, -0.2) is 44.2 Å². The van der Waals surface area contributed by atoms with Crippen molar-refractivity contribution in [1.29, 1.82) is 0 Å². The van der Waals surface area contributed by atoms with E-state index >= 15 is 0 Å². The fourth-order valence-corrected chi connectivity index (χ4v) is 5.81. The van der Waals surface area contributed by atoms with E-state index < -0.39 is 10.0 Å². The molecule has 2 aliphatic heterocycles. The van der Waals surface area contributed by atoms with Gasteiger partial charge in [0.15, 0.2) is 0 Å². The Bertz CT molecular complexity index is 1110. The summed E-state index contributed by atoms with van der Waals surface area (Å²) in [4.78, 5) is 27.0. The Morgan fingerprint density at radius 2 is 1.81 bits per heavy atom. The van der Waals surface area contributed by atoms with Crippen molar-refractivity contribution in [2.75, 3.05) is 29.9 Å². The van der Waals surface area contributed by atoms with Crippen LogP contribution >= 0.6 is 11.6 Å². The topological polar surface area (TPSA) is 86.8 Å². The van der Waals surface area contributed by atoms with E-state index in [1.54, 1.807) is 36.4 Å². The van der Waals surface area contributed by atoms with Crippen molar-refractivity contribution in [3.63, 3.8) is 0 Å². The number of fused-ring (bicyclic) bond motifs is 1. The smallest absolute Gasteiger partial charge is 0.244 e. The van der Waals surface area contributed by atoms with E-state index in [-0.39, 0.29) is 23.3 Å². The van der Waals surface area contributed by atoms with Gasteiger partial charge in [-0.25, -0.2) is 8.42 Å². The number of nitrogens with one attached hydrogen (secondary N) is 1. The Labute approximate surface area is 187 Å². The van der Waals surface area contributed by atoms with Crippen molar-refractivity contribution in [2.24, 2.45) is 0 Å². The van der Waals surface area contributed by atoms with Gasteiger partial charge in [-0.2, -0.15) is 4.31 Å². The third-order valence-corrected chi connectivity index (χ3v) is 7.72. The van der Waals surface area contributed by atoms with Crippen LogP contribution in [0.4, 0.5) is 11.4 Å². The summed E-state index contributed by atoms with van der Waals surface area (Å²) in [6.07, 6.45) is 3.22. The molecule has 1 N–H and O–H groups in total. The number of anilines is 2. The van der Waals surface area contributed by atoms with E-state index in [1.807, 2.05) is 0 Å². The molecule has 31 heavy (non-hydrogen) atoms. The van der Waals surface area contributed by atoms with E-state index in [0.29, 0.717) is 48.7 Å². The molecule has 0 radical (unpaired) electrons. The molecular formula is C22H24ClN3O4S. The second-order valence-electron chi connectivity index (χ2n) is 7.79. The lowest BCUT2D eigenvalue weighted by molar-refractivity contribution is -0.121. The highest BCUT2D eigenvalue weighted by Crippen LogP contribution is 2.31. The van der Waals surface area contributed by atoms with E-state index in [1.165, 1.54) is 15.3 Å². The zero-order valence-corrected chi connectivity index (χ0v) is 18.6. The van der Waals surface area contributed by atoms with Gasteiger partial charge in [0.1, 0.15) is 6.54 Å². The molecule has 0 spiro atoms. The molecule has 9 heteroatoms. The first-order valence-corrected chi connectivity index (χ1v) is 12.2. The van der Waals surface area contributed by atoms with Crippen molar-refractivity contribution >= 4 is 44.8 Å². The molecule has 0 unspecified atom stereocenters. The summed E-state index contributed by atoms with van der Waals surface area (Å²) in [5.74, 6) is -0.507. The zero-order chi connectivity index (χ0) is 22.0. The zero-order valence-electron chi connectivity index (χ0n) is 17.0. The quantitative estimate of drug-likeness (QED) is 0.739. The Balaban J connectivity index is 1.58. The maximum Gasteiger partial charge on any atom is 0.244 e. The summed E-state index contributed by atoms with van der Waals surface area (Å²) in [7, 11) is -3.54. The van der Waals surface area contributed by atoms with Gasteiger partial charge >= 0.3 is 0 Å². The van der Waals surface area contributed by atoms with Crippen LogP contribution in [0.5, 0.6) is 0 Å². The lowest BCUT2D eigenvalue weighted by Gasteiger charge is -2.23. The minimum Gasteiger partial charge on any atom is -0.324 e. The van der Waals surface area contributed by atoms with Crippen LogP contribution in [0.15, 0.2) is 47.4 Å². The summed E-state index contributed by atoms with van der Waals surface area (Å²) in [6.45, 7) is 0.915. The number of rotatable bonds is 5. The number of amides is 2. The van der Waals surface area contributed by atoms with Crippen LogP contribution in [0.3, 0.4) is 0 Å². The molecule has 0 aliphatic carbocycles. The molecule has 0 saturated carbocycles. The first-order valence-electron chi connectivity index (χ1n) is 10.3. The highest BCUT2D eigenvalue weighted by Gasteiger charge is 2.30. The molecule has 2 aliphatic rings. The Morgan fingerprint density at radius 3 is 2.55 bits per heavy atom. The molecule has 2 aromatic carbocycles. The first-order chi connectivity index (χ1) is 14.8. The minimum atomic E-state index is -3.54. The van der Waals surface area contributed by atoms with Crippen LogP contribution in [-0.2, 0) is 26.0 Å². The molecule has 2 heterocycles. The predicted molar refractivity (Wildman–Crippen MR) is 120 cm³/mol. The molecule has 0 bridgehead atoms. The molecule has 7 nitrogen and oxygen atoms in total. The Morgan fingerprint density at radius 1 is 1.03 bits per heavy atom. The van der Waals surface area contributed by atoms with Crippen LogP contribution in [0.2, 0.25) is 5.02 Å². The fourth-order valence-electron chi connectivity index (χ4n) is 4.05. The normalized spacial score (nSPS) is 17.3. The van der Waals surface area contributed by atoms with E-state index in [2.05, 4.69) is 5.32 Å². The second-order valence-corrected chi connectivity index (χ2v) is 10.2. The maximum absolute atomic E-state index is 12.9. The maximum atomic E-state index is 12.9. The van der Waals surface area contributed by atoms with E-state index in [4.69, 9.17) is 11.6 Å². The molecule has 0 atom stereocenters. The summed E-state index contributed by atoms with van der Waals surface area (Å²) in [5, 5.41) is 3.26. The van der Waals surface area contributed by atoms with Crippen LogP contribution in [0.25, 0.3) is 0 Å². The summed E-state index contributed by atoms with van der Waals surface area (Å²) < 4.78 is 27.4. The van der Waals surface area contributed by atoms with Crippen molar-refractivity contribution in [3.8, 4) is 0 Å². The molecule has 0 aromatic heterocycles. The highest BCUT2D eigenvalue weighted by atomic mass is 35.5. The third-order valence-electron chi connectivity index (χ3n) is 5.59. The van der Waals surface area contributed by atoms with Gasteiger partial charge in [-0.05, 0) is 67.6 Å². The van der Waals surface area contributed by atoms with Gasteiger partial charge in [0.25, 0.3) is 0 Å². The summed E-state index contributed by atoms with van der Waals surface area (Å²) >= 11 is 5.96. The monoisotopic (exact) mass is 461 g/mol. The average molecular weight is 462 g/mol. The number of aryl methyl sites for hydroxylation is 1. The number of nitrogens with zero attached hydrogens (tertiary/aromatic N) is 2. The van der Waals surface area contributed by atoms with Crippen molar-refractivity contribution < 1.29 is 18.0 Å². The average Bonchev–Trinajstić information content (AvgIpc) is 3.23. The van der Waals surface area contributed by atoms with Gasteiger partial charge in [0.05, 0.1) is 4.90 Å². The van der Waals surface area contributed by atoms with Gasteiger partial charge in [0, 0.05) is 35.9 Å².